The number of hydrogen-bond acceptors (Lipinski definition) is 12. The van der Waals surface area contributed by atoms with Crippen LogP contribution < -0.4 is 25.4 Å². The Balaban J connectivity index is 1.33. The molecule has 0 bridgehead atoms. The molecule has 0 amide bonds. The Morgan fingerprint density at radius 3 is 2.13 bits per heavy atom. The first-order chi connectivity index (χ1) is 21.5. The lowest BCUT2D eigenvalue weighted by molar-refractivity contribution is -0.139. The van der Waals surface area contributed by atoms with Crippen LogP contribution in [0.1, 0.15) is 18.1 Å². The highest BCUT2D eigenvalue weighted by atomic mass is 28.3. The summed E-state index contributed by atoms with van der Waals surface area (Å²) in [7, 11) is -1.42. The SMILES string of the molecule is CC(COc1ncnc(N2CCN(c3ncc(C(F)(F)F)cn3)CC2)n1)Nc1cnn(COCC[Si](C)(C)C)c(=O)c1C(F)(F)F. The molecule has 4 rings (SSSR count). The number of rotatable bonds is 12. The first-order valence-electron chi connectivity index (χ1n) is 14.2. The number of ether oxygens (including phenoxy) is 2. The number of aromatic nitrogens is 7. The zero-order valence-electron chi connectivity index (χ0n) is 25.6. The Kier molecular flexibility index (Phi) is 10.7. The van der Waals surface area contributed by atoms with E-state index in [0.717, 1.165) is 24.6 Å². The predicted molar refractivity (Wildman–Crippen MR) is 157 cm³/mol. The van der Waals surface area contributed by atoms with Crippen molar-refractivity contribution in [3.05, 3.63) is 46.4 Å². The lowest BCUT2D eigenvalue weighted by Crippen LogP contribution is -2.47. The minimum atomic E-state index is -4.95. The van der Waals surface area contributed by atoms with Gasteiger partial charge >= 0.3 is 18.4 Å². The first kappa shape index (κ1) is 34.8. The second-order valence-corrected chi connectivity index (χ2v) is 17.4. The van der Waals surface area contributed by atoms with Gasteiger partial charge in [-0.1, -0.05) is 19.6 Å². The molecular weight excluding hydrogens is 642 g/mol. The molecule has 1 atom stereocenters. The van der Waals surface area contributed by atoms with E-state index in [1.165, 1.54) is 6.33 Å². The van der Waals surface area contributed by atoms with E-state index in [9.17, 15) is 31.1 Å². The average molecular weight is 677 g/mol. The van der Waals surface area contributed by atoms with Crippen molar-refractivity contribution < 1.29 is 35.8 Å². The summed E-state index contributed by atoms with van der Waals surface area (Å²) < 4.78 is 91.7. The number of piperazine rings is 1. The number of alkyl halides is 6. The van der Waals surface area contributed by atoms with Crippen molar-refractivity contribution in [1.29, 1.82) is 0 Å². The number of anilines is 3. The summed E-state index contributed by atoms with van der Waals surface area (Å²) in [6.45, 7) is 9.24. The van der Waals surface area contributed by atoms with E-state index in [2.05, 4.69) is 55.0 Å². The van der Waals surface area contributed by atoms with E-state index in [0.29, 0.717) is 37.5 Å². The molecule has 0 radical (unpaired) electrons. The quantitative estimate of drug-likeness (QED) is 0.170. The van der Waals surface area contributed by atoms with Crippen LogP contribution in [-0.2, 0) is 23.8 Å². The highest BCUT2D eigenvalue weighted by Crippen LogP contribution is 2.32. The van der Waals surface area contributed by atoms with Gasteiger partial charge in [-0.3, -0.25) is 4.79 Å². The lowest BCUT2D eigenvalue weighted by Gasteiger charge is -2.34. The van der Waals surface area contributed by atoms with Crippen LogP contribution in [0, 0.1) is 0 Å². The van der Waals surface area contributed by atoms with E-state index in [1.54, 1.807) is 11.8 Å². The Morgan fingerprint density at radius 1 is 0.913 bits per heavy atom. The number of nitrogens with one attached hydrogen (secondary N) is 1. The molecular formula is C26H34F6N10O3Si. The molecule has 20 heteroatoms. The van der Waals surface area contributed by atoms with Crippen molar-refractivity contribution in [1.82, 2.24) is 34.7 Å². The molecule has 1 fully saturated rings. The number of hydrogen-bond donors (Lipinski definition) is 1. The van der Waals surface area contributed by atoms with Crippen molar-refractivity contribution in [2.45, 2.75) is 57.7 Å². The van der Waals surface area contributed by atoms with E-state index in [4.69, 9.17) is 9.47 Å². The predicted octanol–water partition coefficient (Wildman–Crippen LogP) is 3.77. The van der Waals surface area contributed by atoms with Gasteiger partial charge in [0.2, 0.25) is 11.9 Å². The minimum Gasteiger partial charge on any atom is -0.461 e. The van der Waals surface area contributed by atoms with Crippen molar-refractivity contribution in [2.24, 2.45) is 0 Å². The summed E-state index contributed by atoms with van der Waals surface area (Å²) in [5.74, 6) is 0.443. The number of halogens is 6. The molecule has 1 N–H and O–H groups in total. The standard InChI is InChI=1S/C26H34F6N10O3Si/c1-17(38-19-13-37-42(16-44-9-10-46(2,3)4)21(43)20(19)26(30,31)32)14-45-24-36-15-35-23(39-24)41-7-5-40(6-8-41)22-33-11-18(12-34-22)25(27,28)29/h11-13,15,17,38H,5-10,14,16H2,1-4H3. The first-order valence-corrected chi connectivity index (χ1v) is 17.9. The van der Waals surface area contributed by atoms with Crippen LogP contribution in [0.15, 0.2) is 29.7 Å². The van der Waals surface area contributed by atoms with Crippen LogP contribution in [0.3, 0.4) is 0 Å². The zero-order valence-corrected chi connectivity index (χ0v) is 26.6. The molecule has 0 aromatic carbocycles. The van der Waals surface area contributed by atoms with Crippen molar-refractivity contribution in [3.8, 4) is 6.01 Å². The Morgan fingerprint density at radius 2 is 1.54 bits per heavy atom. The van der Waals surface area contributed by atoms with Gasteiger partial charge in [0.25, 0.3) is 5.56 Å². The fourth-order valence-electron chi connectivity index (χ4n) is 4.23. The van der Waals surface area contributed by atoms with Crippen molar-refractivity contribution in [2.75, 3.05) is 54.5 Å². The maximum absolute atomic E-state index is 13.9. The molecule has 252 valence electrons. The minimum absolute atomic E-state index is 0.0767. The van der Waals surface area contributed by atoms with Gasteiger partial charge in [-0.25, -0.2) is 19.6 Å². The van der Waals surface area contributed by atoms with E-state index < -0.39 is 55.6 Å². The molecule has 1 aliphatic rings. The molecule has 1 unspecified atom stereocenters. The third-order valence-corrected chi connectivity index (χ3v) is 8.45. The molecule has 1 aliphatic heterocycles. The summed E-state index contributed by atoms with van der Waals surface area (Å²) in [6, 6.07) is -0.0167. The second-order valence-electron chi connectivity index (χ2n) is 11.8. The smallest absolute Gasteiger partial charge is 0.423 e. The summed E-state index contributed by atoms with van der Waals surface area (Å²) in [5.41, 5.74) is -4.16. The van der Waals surface area contributed by atoms with Crippen molar-refractivity contribution >= 4 is 25.7 Å². The average Bonchev–Trinajstić information content (AvgIpc) is 2.98. The van der Waals surface area contributed by atoms with E-state index in [-0.39, 0.29) is 24.5 Å². The molecule has 46 heavy (non-hydrogen) atoms. The monoisotopic (exact) mass is 676 g/mol. The molecule has 0 saturated carbocycles. The zero-order chi connectivity index (χ0) is 33.7. The van der Waals surface area contributed by atoms with Crippen LogP contribution in [0.4, 0.5) is 43.9 Å². The van der Waals surface area contributed by atoms with Gasteiger partial charge in [-0.2, -0.15) is 41.4 Å². The molecule has 3 aromatic rings. The number of nitrogens with zero attached hydrogens (tertiary/aromatic N) is 9. The molecule has 0 aliphatic carbocycles. The van der Waals surface area contributed by atoms with Crippen LogP contribution in [0.2, 0.25) is 25.7 Å². The second kappa shape index (κ2) is 14.1. The van der Waals surface area contributed by atoms with E-state index >= 15 is 0 Å². The molecule has 3 aromatic heterocycles. The fourth-order valence-corrected chi connectivity index (χ4v) is 4.99. The van der Waals surface area contributed by atoms with Gasteiger partial charge in [0.15, 0.2) is 0 Å². The summed E-state index contributed by atoms with van der Waals surface area (Å²) in [4.78, 5) is 36.2. The highest BCUT2D eigenvalue weighted by molar-refractivity contribution is 6.76. The van der Waals surface area contributed by atoms with Gasteiger partial charge in [0.1, 0.15) is 25.2 Å². The van der Waals surface area contributed by atoms with Crippen LogP contribution >= 0.6 is 0 Å². The Bertz CT molecular complexity index is 1510. The molecule has 1 saturated heterocycles. The fraction of sp³-hybridized carbons (Fsp3) is 0.577. The maximum Gasteiger partial charge on any atom is 0.423 e. The van der Waals surface area contributed by atoms with Crippen LogP contribution in [-0.4, -0.2) is 88.2 Å². The molecule has 4 heterocycles. The summed E-state index contributed by atoms with van der Waals surface area (Å²) in [6.07, 6.45) is -5.85. The van der Waals surface area contributed by atoms with Gasteiger partial charge < -0.3 is 24.6 Å². The highest BCUT2D eigenvalue weighted by Gasteiger charge is 2.38. The Hall–Kier alpha value is -4.07. The summed E-state index contributed by atoms with van der Waals surface area (Å²) in [5, 5.41) is 6.49. The normalized spacial score (nSPS) is 15.2. The van der Waals surface area contributed by atoms with Crippen molar-refractivity contribution in [3.63, 3.8) is 0 Å². The van der Waals surface area contributed by atoms with Gasteiger partial charge in [0.05, 0.1) is 23.5 Å². The Labute approximate surface area is 261 Å². The lowest BCUT2D eigenvalue weighted by atomic mass is 10.2. The third kappa shape index (κ3) is 9.47. The topological polar surface area (TPSA) is 136 Å². The molecule has 13 nitrogen and oxygen atoms in total. The van der Waals surface area contributed by atoms with Crippen LogP contribution in [0.25, 0.3) is 0 Å². The summed E-state index contributed by atoms with van der Waals surface area (Å²) >= 11 is 0. The molecule has 0 spiro atoms. The largest absolute Gasteiger partial charge is 0.461 e. The van der Waals surface area contributed by atoms with Gasteiger partial charge in [-0.15, -0.1) is 0 Å². The van der Waals surface area contributed by atoms with E-state index in [1.807, 2.05) is 4.90 Å². The maximum atomic E-state index is 13.9. The van der Waals surface area contributed by atoms with Gasteiger partial charge in [0, 0.05) is 53.3 Å². The van der Waals surface area contributed by atoms with Gasteiger partial charge in [-0.05, 0) is 13.0 Å². The van der Waals surface area contributed by atoms with Crippen LogP contribution in [0.5, 0.6) is 6.01 Å². The third-order valence-electron chi connectivity index (χ3n) is 6.75.